The maximum atomic E-state index is 10.4. The number of aliphatic carboxylic acids is 1. The number of nitrogens with zero attached hydrogens (tertiary/aromatic N) is 2. The Morgan fingerprint density at radius 2 is 2.35 bits per heavy atom. The second kappa shape index (κ2) is 8.10. The van der Waals surface area contributed by atoms with E-state index >= 15 is 0 Å². The number of imidazole rings is 1. The van der Waals surface area contributed by atoms with Crippen LogP contribution in [0, 0.1) is 0 Å². The van der Waals surface area contributed by atoms with Gasteiger partial charge in [0.25, 0.3) is 0 Å². The van der Waals surface area contributed by atoms with Gasteiger partial charge in [-0.15, -0.1) is 0 Å². The van der Waals surface area contributed by atoms with Gasteiger partial charge in [-0.2, -0.15) is 0 Å². The lowest BCUT2D eigenvalue weighted by Crippen LogP contribution is -2.10. The number of carboxylic acid groups (broad SMARTS) is 1. The second-order valence-electron chi connectivity index (χ2n) is 3.19. The Bertz CT molecular complexity index is 343. The van der Waals surface area contributed by atoms with Gasteiger partial charge in [0.15, 0.2) is 5.16 Å². The first-order valence-corrected chi connectivity index (χ1v) is 6.15. The van der Waals surface area contributed by atoms with Crippen LogP contribution in [0.3, 0.4) is 0 Å². The number of aromatic nitrogens is 2. The fourth-order valence-electron chi connectivity index (χ4n) is 1.14. The smallest absolute Gasteiger partial charge is 0.313 e. The molecule has 0 amide bonds. The fraction of sp³-hybridized carbons (Fsp3) is 0.600. The van der Waals surface area contributed by atoms with Gasteiger partial charge in [-0.1, -0.05) is 11.8 Å². The summed E-state index contributed by atoms with van der Waals surface area (Å²) in [6.07, 6.45) is 3.46. The first kappa shape index (κ1) is 14.0. The van der Waals surface area contributed by atoms with Gasteiger partial charge in [0, 0.05) is 26.0 Å². The van der Waals surface area contributed by atoms with Crippen LogP contribution in [0.15, 0.2) is 17.6 Å². The van der Waals surface area contributed by atoms with Crippen molar-refractivity contribution in [3.63, 3.8) is 0 Å². The molecule has 0 aliphatic heterocycles. The van der Waals surface area contributed by atoms with Crippen LogP contribution in [-0.4, -0.2) is 53.3 Å². The Balaban J connectivity index is 2.27. The van der Waals surface area contributed by atoms with Gasteiger partial charge in [0.1, 0.15) is 0 Å². The molecular weight excluding hydrogens is 244 g/mol. The molecular formula is C10H16N2O4S. The lowest BCUT2D eigenvalue weighted by molar-refractivity contribution is -0.133. The van der Waals surface area contributed by atoms with E-state index in [0.29, 0.717) is 31.5 Å². The first-order valence-electron chi connectivity index (χ1n) is 5.16. The molecule has 17 heavy (non-hydrogen) atoms. The van der Waals surface area contributed by atoms with Crippen molar-refractivity contribution in [1.29, 1.82) is 0 Å². The normalized spacial score (nSPS) is 10.6. The Kier molecular flexibility index (Phi) is 6.68. The molecule has 1 N–H and O–H groups in total. The SMILES string of the molecule is COCCOCCn1ccnc1SCC(=O)O. The molecule has 0 saturated heterocycles. The van der Waals surface area contributed by atoms with Crippen LogP contribution in [-0.2, 0) is 20.8 Å². The Hall–Kier alpha value is -1.05. The quantitative estimate of drug-likeness (QED) is 0.521. The molecule has 96 valence electrons. The lowest BCUT2D eigenvalue weighted by atomic mass is 10.6. The molecule has 1 aromatic rings. The highest BCUT2D eigenvalue weighted by Gasteiger charge is 2.06. The van der Waals surface area contributed by atoms with E-state index in [2.05, 4.69) is 4.98 Å². The van der Waals surface area contributed by atoms with Crippen LogP contribution < -0.4 is 0 Å². The molecule has 6 nitrogen and oxygen atoms in total. The number of carboxylic acids is 1. The summed E-state index contributed by atoms with van der Waals surface area (Å²) in [4.78, 5) is 14.5. The van der Waals surface area contributed by atoms with Crippen molar-refractivity contribution in [2.45, 2.75) is 11.7 Å². The maximum Gasteiger partial charge on any atom is 0.313 e. The van der Waals surface area contributed by atoms with Crippen molar-refractivity contribution in [2.24, 2.45) is 0 Å². The zero-order valence-electron chi connectivity index (χ0n) is 9.66. The number of hydrogen-bond donors (Lipinski definition) is 1. The van der Waals surface area contributed by atoms with Gasteiger partial charge in [0.2, 0.25) is 0 Å². The van der Waals surface area contributed by atoms with E-state index in [9.17, 15) is 4.79 Å². The van der Waals surface area contributed by atoms with Gasteiger partial charge >= 0.3 is 5.97 Å². The highest BCUT2D eigenvalue weighted by Crippen LogP contribution is 2.14. The monoisotopic (exact) mass is 260 g/mol. The molecule has 0 radical (unpaired) electrons. The Labute approximate surface area is 104 Å². The van der Waals surface area contributed by atoms with Crippen molar-refractivity contribution in [1.82, 2.24) is 9.55 Å². The van der Waals surface area contributed by atoms with Crippen LogP contribution in [0.4, 0.5) is 0 Å². The van der Waals surface area contributed by atoms with Crippen molar-refractivity contribution in [3.8, 4) is 0 Å². The van der Waals surface area contributed by atoms with Crippen molar-refractivity contribution in [2.75, 3.05) is 32.7 Å². The molecule has 0 aliphatic carbocycles. The van der Waals surface area contributed by atoms with Crippen LogP contribution in [0.5, 0.6) is 0 Å². The molecule has 1 rings (SSSR count). The summed E-state index contributed by atoms with van der Waals surface area (Å²) in [5.74, 6) is -0.831. The average molecular weight is 260 g/mol. The topological polar surface area (TPSA) is 73.6 Å². The van der Waals surface area contributed by atoms with E-state index in [1.54, 1.807) is 13.3 Å². The van der Waals surface area contributed by atoms with Gasteiger partial charge in [0.05, 0.1) is 25.6 Å². The summed E-state index contributed by atoms with van der Waals surface area (Å²) in [7, 11) is 1.62. The summed E-state index contributed by atoms with van der Waals surface area (Å²) in [5, 5.41) is 9.28. The molecule has 7 heteroatoms. The molecule has 0 saturated carbocycles. The minimum atomic E-state index is -0.846. The second-order valence-corrected chi connectivity index (χ2v) is 4.13. The largest absolute Gasteiger partial charge is 0.481 e. The van der Waals surface area contributed by atoms with Gasteiger partial charge in [-0.05, 0) is 0 Å². The van der Waals surface area contributed by atoms with Crippen molar-refractivity contribution < 1.29 is 19.4 Å². The number of rotatable bonds is 9. The summed E-state index contributed by atoms with van der Waals surface area (Å²) in [6, 6.07) is 0. The standard InChI is InChI=1S/C10H16N2O4S/c1-15-6-7-16-5-4-12-3-2-11-10(12)17-8-9(13)14/h2-3H,4-8H2,1H3,(H,13,14). The molecule has 0 aromatic carbocycles. The minimum absolute atomic E-state index is 0.0154. The number of ether oxygens (including phenoxy) is 2. The lowest BCUT2D eigenvalue weighted by Gasteiger charge is -2.07. The predicted molar refractivity (Wildman–Crippen MR) is 63.3 cm³/mol. The van der Waals surface area contributed by atoms with Gasteiger partial charge in [-0.3, -0.25) is 4.79 Å². The summed E-state index contributed by atoms with van der Waals surface area (Å²) in [5.41, 5.74) is 0. The molecule has 0 bridgehead atoms. The van der Waals surface area contributed by atoms with E-state index < -0.39 is 5.97 Å². The molecule has 1 heterocycles. The molecule has 0 spiro atoms. The highest BCUT2D eigenvalue weighted by molar-refractivity contribution is 7.99. The zero-order valence-corrected chi connectivity index (χ0v) is 10.5. The molecule has 1 aromatic heterocycles. The first-order chi connectivity index (χ1) is 8.24. The molecule has 0 aliphatic rings. The van der Waals surface area contributed by atoms with E-state index in [-0.39, 0.29) is 5.75 Å². The van der Waals surface area contributed by atoms with Crippen LogP contribution in [0.1, 0.15) is 0 Å². The number of methoxy groups -OCH3 is 1. The van der Waals surface area contributed by atoms with E-state index in [0.717, 1.165) is 0 Å². The number of carbonyl (C=O) groups is 1. The maximum absolute atomic E-state index is 10.4. The van der Waals surface area contributed by atoms with E-state index in [1.807, 2.05) is 10.8 Å². The average Bonchev–Trinajstić information content (AvgIpc) is 2.73. The van der Waals surface area contributed by atoms with Gasteiger partial charge < -0.3 is 19.1 Å². The third-order valence-corrected chi connectivity index (χ3v) is 2.90. The zero-order chi connectivity index (χ0) is 12.5. The number of thioether (sulfide) groups is 1. The van der Waals surface area contributed by atoms with Crippen molar-refractivity contribution in [3.05, 3.63) is 12.4 Å². The summed E-state index contributed by atoms with van der Waals surface area (Å²) < 4.78 is 12.1. The van der Waals surface area contributed by atoms with Gasteiger partial charge in [-0.25, -0.2) is 4.98 Å². The predicted octanol–water partition coefficient (Wildman–Crippen LogP) is 0.723. The van der Waals surface area contributed by atoms with Crippen molar-refractivity contribution >= 4 is 17.7 Å². The van der Waals surface area contributed by atoms with Crippen LogP contribution in [0.2, 0.25) is 0 Å². The van der Waals surface area contributed by atoms with E-state index in [1.165, 1.54) is 11.8 Å². The Morgan fingerprint density at radius 3 is 3.06 bits per heavy atom. The van der Waals surface area contributed by atoms with Crippen LogP contribution >= 0.6 is 11.8 Å². The molecule has 0 fully saturated rings. The molecule has 0 unspecified atom stereocenters. The minimum Gasteiger partial charge on any atom is -0.481 e. The third-order valence-electron chi connectivity index (χ3n) is 1.91. The van der Waals surface area contributed by atoms with Crippen LogP contribution in [0.25, 0.3) is 0 Å². The Morgan fingerprint density at radius 1 is 1.53 bits per heavy atom. The fourth-order valence-corrected chi connectivity index (χ4v) is 1.85. The molecule has 0 atom stereocenters. The summed E-state index contributed by atoms with van der Waals surface area (Å²) in [6.45, 7) is 2.35. The van der Waals surface area contributed by atoms with E-state index in [4.69, 9.17) is 14.6 Å². The highest BCUT2D eigenvalue weighted by atomic mass is 32.2. The summed E-state index contributed by atoms with van der Waals surface area (Å²) >= 11 is 1.20. The number of hydrogen-bond acceptors (Lipinski definition) is 5. The third kappa shape index (κ3) is 5.71.